The molecule has 4 saturated carbocycles. The summed E-state index contributed by atoms with van der Waals surface area (Å²) in [5, 5.41) is 1.16. The largest absolute Gasteiger partial charge is 0.320 e. The van der Waals surface area contributed by atoms with E-state index in [1.165, 1.54) is 44.1 Å². The molecule has 1 heterocycles. The van der Waals surface area contributed by atoms with Crippen molar-refractivity contribution >= 4 is 56.7 Å². The Kier molecular flexibility index (Phi) is 7.13. The molecule has 31 heavy (non-hydrogen) atoms. The van der Waals surface area contributed by atoms with E-state index >= 15 is 0 Å². The predicted molar refractivity (Wildman–Crippen MR) is 131 cm³/mol. The Morgan fingerprint density at radius 2 is 1.61 bits per heavy atom. The summed E-state index contributed by atoms with van der Waals surface area (Å²) in [4.78, 5) is 29.1. The van der Waals surface area contributed by atoms with E-state index < -0.39 is 17.9 Å². The van der Waals surface area contributed by atoms with Gasteiger partial charge in [0.1, 0.15) is 5.69 Å². The molecule has 4 aliphatic carbocycles. The van der Waals surface area contributed by atoms with Gasteiger partial charge in [0.15, 0.2) is 0 Å². The number of fused-ring (bicyclic) bond motifs is 1. The lowest BCUT2D eigenvalue weighted by atomic mass is 9.48. The zero-order chi connectivity index (χ0) is 20.2. The molecule has 4 bridgehead atoms. The predicted octanol–water partition coefficient (Wildman–Crippen LogP) is 3.97. The minimum Gasteiger partial charge on any atom is -0.320 e. The summed E-state index contributed by atoms with van der Waals surface area (Å²) in [6.45, 7) is 1.57. The first-order valence-corrected chi connectivity index (χ1v) is 10.7. The van der Waals surface area contributed by atoms with Gasteiger partial charge in [-0.15, -0.1) is 34.0 Å². The van der Waals surface area contributed by atoms with Gasteiger partial charge in [-0.1, -0.05) is 18.2 Å². The standard InChI is InChI=1S/C23H28N4O2.2BrH/c1-13(24)21(28)26-27-22(29)20-9-18(17-4-2-3-5-19(17)25-20)23-10-14-6-15(11-23)8-16(7-14)12-23;;/h2-5,9,13-16H,6-8,10-12,24H2,1H3,(H,26,28)(H,27,29);2*1H/t13-,14?,15?,16?,23?;;/m0../s1. The molecule has 8 heteroatoms. The van der Waals surface area contributed by atoms with Crippen LogP contribution in [0.25, 0.3) is 10.9 Å². The first-order chi connectivity index (χ1) is 13.9. The highest BCUT2D eigenvalue weighted by Crippen LogP contribution is 2.61. The highest BCUT2D eigenvalue weighted by atomic mass is 79.9. The van der Waals surface area contributed by atoms with Crippen molar-refractivity contribution < 1.29 is 9.59 Å². The van der Waals surface area contributed by atoms with Crippen LogP contribution in [0, 0.1) is 17.8 Å². The van der Waals surface area contributed by atoms with Crippen molar-refractivity contribution in [1.29, 1.82) is 0 Å². The van der Waals surface area contributed by atoms with E-state index in [1.807, 2.05) is 18.2 Å². The normalized spacial score (nSPS) is 28.9. The highest BCUT2D eigenvalue weighted by molar-refractivity contribution is 8.93. The van der Waals surface area contributed by atoms with Gasteiger partial charge in [-0.2, -0.15) is 0 Å². The van der Waals surface area contributed by atoms with Crippen LogP contribution < -0.4 is 16.6 Å². The SMILES string of the molecule is Br.Br.C[C@H](N)C(=O)NNC(=O)c1cc(C23CC4CC(CC(C4)C2)C3)c2ccccc2n1. The average molecular weight is 554 g/mol. The van der Waals surface area contributed by atoms with Gasteiger partial charge in [0.05, 0.1) is 11.6 Å². The van der Waals surface area contributed by atoms with E-state index in [9.17, 15) is 9.59 Å². The number of halogens is 2. The van der Waals surface area contributed by atoms with Crippen molar-refractivity contribution in [2.75, 3.05) is 0 Å². The molecule has 6 rings (SSSR count). The number of nitrogens with zero attached hydrogens (tertiary/aromatic N) is 1. The van der Waals surface area contributed by atoms with Crippen molar-refractivity contribution in [3.63, 3.8) is 0 Å². The van der Waals surface area contributed by atoms with Crippen LogP contribution in [0.1, 0.15) is 61.5 Å². The van der Waals surface area contributed by atoms with E-state index in [0.29, 0.717) is 5.69 Å². The Hall–Kier alpha value is -1.51. The minimum absolute atomic E-state index is 0. The number of hydrogen-bond donors (Lipinski definition) is 3. The van der Waals surface area contributed by atoms with Crippen LogP contribution in [0.15, 0.2) is 30.3 Å². The first-order valence-electron chi connectivity index (χ1n) is 10.7. The highest BCUT2D eigenvalue weighted by Gasteiger charge is 2.52. The second kappa shape index (κ2) is 9.16. The maximum absolute atomic E-state index is 12.8. The average Bonchev–Trinajstić information content (AvgIpc) is 2.69. The molecule has 6 nitrogen and oxygen atoms in total. The molecule has 4 aliphatic rings. The number of hydrazine groups is 1. The topological polar surface area (TPSA) is 97.1 Å². The van der Waals surface area contributed by atoms with Crippen LogP contribution in [0.5, 0.6) is 0 Å². The molecule has 0 saturated heterocycles. The van der Waals surface area contributed by atoms with Gasteiger partial charge < -0.3 is 5.73 Å². The summed E-state index contributed by atoms with van der Waals surface area (Å²) >= 11 is 0. The Morgan fingerprint density at radius 1 is 1.03 bits per heavy atom. The lowest BCUT2D eigenvalue weighted by molar-refractivity contribution is -0.122. The fourth-order valence-corrected chi connectivity index (χ4v) is 6.47. The lowest BCUT2D eigenvalue weighted by Gasteiger charge is -2.57. The Labute approximate surface area is 203 Å². The summed E-state index contributed by atoms with van der Waals surface area (Å²) in [5.41, 5.74) is 13.0. The van der Waals surface area contributed by atoms with Gasteiger partial charge in [-0.05, 0) is 86.3 Å². The first kappa shape index (κ1) is 24.1. The molecule has 0 unspecified atom stereocenters. The Balaban J connectivity index is 0.00000136. The van der Waals surface area contributed by atoms with E-state index in [2.05, 4.69) is 28.0 Å². The molecule has 0 aliphatic heterocycles. The van der Waals surface area contributed by atoms with E-state index in [-0.39, 0.29) is 39.4 Å². The zero-order valence-corrected chi connectivity index (χ0v) is 21.0. The molecular weight excluding hydrogens is 524 g/mol. The number of amides is 2. The fourth-order valence-electron chi connectivity index (χ4n) is 6.47. The number of rotatable bonds is 3. The van der Waals surface area contributed by atoms with E-state index in [0.717, 1.165) is 28.7 Å². The van der Waals surface area contributed by atoms with Crippen LogP contribution in [0.2, 0.25) is 0 Å². The molecular formula is C23H30Br2N4O2. The van der Waals surface area contributed by atoms with E-state index in [4.69, 9.17) is 5.73 Å². The molecule has 2 aromatic rings. The smallest absolute Gasteiger partial charge is 0.288 e. The summed E-state index contributed by atoms with van der Waals surface area (Å²) in [5.74, 6) is 1.61. The van der Waals surface area contributed by atoms with Crippen molar-refractivity contribution in [2.45, 2.75) is 56.9 Å². The van der Waals surface area contributed by atoms with Gasteiger partial charge >= 0.3 is 0 Å². The number of nitrogens with two attached hydrogens (primary N) is 1. The maximum Gasteiger partial charge on any atom is 0.288 e. The van der Waals surface area contributed by atoms with Crippen LogP contribution in [-0.2, 0) is 10.2 Å². The summed E-state index contributed by atoms with van der Waals surface area (Å²) in [6, 6.07) is 9.40. The maximum atomic E-state index is 12.8. The third-order valence-corrected chi connectivity index (χ3v) is 7.27. The molecule has 2 amide bonds. The van der Waals surface area contributed by atoms with Crippen LogP contribution in [-0.4, -0.2) is 22.8 Å². The molecule has 168 valence electrons. The number of carbonyl (C=O) groups is 2. The Morgan fingerprint density at radius 3 is 2.19 bits per heavy atom. The van der Waals surface area contributed by atoms with E-state index in [1.54, 1.807) is 6.92 Å². The van der Waals surface area contributed by atoms with Gasteiger partial charge in [-0.25, -0.2) is 4.98 Å². The lowest BCUT2D eigenvalue weighted by Crippen LogP contribution is -2.49. The summed E-state index contributed by atoms with van der Waals surface area (Å²) < 4.78 is 0. The number of pyridine rings is 1. The van der Waals surface area contributed by atoms with Crippen molar-refractivity contribution in [2.24, 2.45) is 23.5 Å². The third kappa shape index (κ3) is 4.39. The number of para-hydroxylation sites is 1. The fraction of sp³-hybridized carbons (Fsp3) is 0.522. The third-order valence-electron chi connectivity index (χ3n) is 7.27. The second-order valence-electron chi connectivity index (χ2n) is 9.50. The van der Waals surface area contributed by atoms with Gasteiger partial charge in [0, 0.05) is 5.39 Å². The molecule has 0 radical (unpaired) electrons. The number of carbonyl (C=O) groups excluding carboxylic acids is 2. The molecule has 1 atom stereocenters. The second-order valence-corrected chi connectivity index (χ2v) is 9.50. The van der Waals surface area contributed by atoms with Crippen LogP contribution in [0.4, 0.5) is 0 Å². The molecule has 4 fully saturated rings. The zero-order valence-electron chi connectivity index (χ0n) is 17.6. The molecule has 4 N–H and O–H groups in total. The van der Waals surface area contributed by atoms with Crippen molar-refractivity contribution in [1.82, 2.24) is 15.8 Å². The number of aromatic nitrogens is 1. The Bertz CT molecular complexity index is 959. The van der Waals surface area contributed by atoms with Gasteiger partial charge in [0.25, 0.3) is 11.8 Å². The van der Waals surface area contributed by atoms with Crippen LogP contribution in [0.3, 0.4) is 0 Å². The monoisotopic (exact) mass is 552 g/mol. The van der Waals surface area contributed by atoms with Gasteiger partial charge in [-0.3, -0.25) is 20.4 Å². The molecule has 0 spiro atoms. The number of benzene rings is 1. The number of hydrogen-bond acceptors (Lipinski definition) is 4. The van der Waals surface area contributed by atoms with Crippen LogP contribution >= 0.6 is 34.0 Å². The molecule has 1 aromatic heterocycles. The van der Waals surface area contributed by atoms with Crippen molar-refractivity contribution in [3.8, 4) is 0 Å². The van der Waals surface area contributed by atoms with Crippen molar-refractivity contribution in [3.05, 3.63) is 41.6 Å². The minimum atomic E-state index is -0.692. The quantitative estimate of drug-likeness (QED) is 0.501. The van der Waals surface area contributed by atoms with Gasteiger partial charge in [0.2, 0.25) is 0 Å². The summed E-state index contributed by atoms with van der Waals surface area (Å²) in [6.07, 6.45) is 7.78. The molecule has 1 aromatic carbocycles. The summed E-state index contributed by atoms with van der Waals surface area (Å²) in [7, 11) is 0. The number of nitrogens with one attached hydrogen (secondary N) is 2.